The highest BCUT2D eigenvalue weighted by atomic mass is 32.2. The van der Waals surface area contributed by atoms with E-state index < -0.39 is 9.84 Å². The van der Waals surface area contributed by atoms with Gasteiger partial charge in [0.25, 0.3) is 0 Å². The van der Waals surface area contributed by atoms with Gasteiger partial charge in [-0.3, -0.25) is 4.79 Å². The monoisotopic (exact) mass is 286 g/mol. The largest absolute Gasteiger partial charge is 0.289 e. The molecule has 2 aromatic carbocycles. The molecule has 3 nitrogen and oxygen atoms in total. The van der Waals surface area contributed by atoms with E-state index in [4.69, 9.17) is 0 Å². The Balaban J connectivity index is 2.54. The molecule has 0 aromatic heterocycles. The fourth-order valence-electron chi connectivity index (χ4n) is 1.92. The molecule has 0 unspecified atom stereocenters. The average molecular weight is 286 g/mol. The van der Waals surface area contributed by atoms with Crippen molar-refractivity contribution in [2.45, 2.75) is 4.90 Å². The molecule has 0 atom stereocenters. The van der Waals surface area contributed by atoms with Crippen molar-refractivity contribution in [3.05, 3.63) is 78.4 Å². The van der Waals surface area contributed by atoms with Gasteiger partial charge < -0.3 is 0 Å². The minimum atomic E-state index is -3.53. The highest BCUT2D eigenvalue weighted by Gasteiger charge is 2.21. The van der Waals surface area contributed by atoms with E-state index in [0.29, 0.717) is 5.56 Å². The highest BCUT2D eigenvalue weighted by molar-refractivity contribution is 7.91. The number of benzene rings is 2. The minimum Gasteiger partial charge on any atom is -0.289 e. The van der Waals surface area contributed by atoms with Gasteiger partial charge in [-0.05, 0) is 12.1 Å². The Hall–Kier alpha value is -2.20. The van der Waals surface area contributed by atoms with Crippen molar-refractivity contribution >= 4 is 15.6 Å². The fourth-order valence-corrected chi connectivity index (χ4v) is 3.19. The lowest BCUT2D eigenvalue weighted by Gasteiger charge is -2.08. The van der Waals surface area contributed by atoms with Crippen molar-refractivity contribution in [3.8, 4) is 0 Å². The van der Waals surface area contributed by atoms with Crippen LogP contribution < -0.4 is 0 Å². The Kier molecular flexibility index (Phi) is 4.15. The summed E-state index contributed by atoms with van der Waals surface area (Å²) in [6, 6.07) is 14.9. The third kappa shape index (κ3) is 2.86. The summed E-state index contributed by atoms with van der Waals surface area (Å²) >= 11 is 0. The quantitative estimate of drug-likeness (QED) is 0.627. The molecule has 20 heavy (non-hydrogen) atoms. The molecular weight excluding hydrogens is 272 g/mol. The molecule has 0 aliphatic heterocycles. The second-order valence-corrected chi connectivity index (χ2v) is 6.26. The third-order valence-corrected chi connectivity index (χ3v) is 4.54. The van der Waals surface area contributed by atoms with E-state index in [-0.39, 0.29) is 22.0 Å². The molecule has 0 saturated heterocycles. The molecule has 0 aliphatic rings. The average Bonchev–Trinajstić information content (AvgIpc) is 2.47. The van der Waals surface area contributed by atoms with Crippen LogP contribution >= 0.6 is 0 Å². The van der Waals surface area contributed by atoms with Crippen molar-refractivity contribution in [1.29, 1.82) is 0 Å². The number of rotatable bonds is 5. The molecule has 0 heterocycles. The third-order valence-electron chi connectivity index (χ3n) is 2.84. The van der Waals surface area contributed by atoms with Crippen LogP contribution in [0.1, 0.15) is 15.9 Å². The van der Waals surface area contributed by atoms with E-state index in [0.717, 1.165) is 0 Å². The first kappa shape index (κ1) is 14.2. The molecule has 0 aliphatic carbocycles. The molecule has 0 N–H and O–H groups in total. The zero-order chi connectivity index (χ0) is 14.6. The number of hydrogen-bond acceptors (Lipinski definition) is 3. The van der Waals surface area contributed by atoms with Crippen LogP contribution in [0, 0.1) is 0 Å². The van der Waals surface area contributed by atoms with Crippen LogP contribution in [0.15, 0.2) is 72.1 Å². The summed E-state index contributed by atoms with van der Waals surface area (Å²) in [4.78, 5) is 12.5. The highest BCUT2D eigenvalue weighted by Crippen LogP contribution is 2.20. The maximum Gasteiger partial charge on any atom is 0.194 e. The first-order valence-corrected chi connectivity index (χ1v) is 7.74. The predicted octanol–water partition coefficient (Wildman–Crippen LogP) is 2.88. The molecule has 0 saturated carbocycles. The van der Waals surface area contributed by atoms with E-state index in [2.05, 4.69) is 6.58 Å². The van der Waals surface area contributed by atoms with Crippen LogP contribution in [0.3, 0.4) is 0 Å². The van der Waals surface area contributed by atoms with Crippen molar-refractivity contribution in [2.24, 2.45) is 0 Å². The Morgan fingerprint density at radius 1 is 1.00 bits per heavy atom. The van der Waals surface area contributed by atoms with Gasteiger partial charge in [-0.2, -0.15) is 0 Å². The summed E-state index contributed by atoms with van der Waals surface area (Å²) in [5.41, 5.74) is 0.661. The summed E-state index contributed by atoms with van der Waals surface area (Å²) in [7, 11) is -3.53. The lowest BCUT2D eigenvalue weighted by Crippen LogP contribution is -2.12. The summed E-state index contributed by atoms with van der Waals surface area (Å²) in [5, 5.41) is 0. The van der Waals surface area contributed by atoms with Crippen LogP contribution in [0.25, 0.3) is 0 Å². The molecular formula is C16H14O3S. The number of carbonyl (C=O) groups excluding carboxylic acids is 1. The Bertz CT molecular complexity index is 731. The summed E-state index contributed by atoms with van der Waals surface area (Å²) < 4.78 is 24.3. The van der Waals surface area contributed by atoms with Crippen LogP contribution in [0.4, 0.5) is 0 Å². The summed E-state index contributed by atoms with van der Waals surface area (Å²) in [5.74, 6) is -0.486. The van der Waals surface area contributed by atoms with E-state index in [1.807, 2.05) is 0 Å². The first-order chi connectivity index (χ1) is 9.56. The second-order valence-electron chi connectivity index (χ2n) is 4.26. The van der Waals surface area contributed by atoms with Crippen LogP contribution in [0.5, 0.6) is 0 Å². The minimum absolute atomic E-state index is 0.0498. The lowest BCUT2D eigenvalue weighted by atomic mass is 10.0. The smallest absolute Gasteiger partial charge is 0.194 e. The van der Waals surface area contributed by atoms with Crippen molar-refractivity contribution < 1.29 is 13.2 Å². The topological polar surface area (TPSA) is 51.2 Å². The normalized spacial score (nSPS) is 11.0. The lowest BCUT2D eigenvalue weighted by molar-refractivity contribution is 0.103. The van der Waals surface area contributed by atoms with Gasteiger partial charge >= 0.3 is 0 Å². The Labute approximate surface area is 118 Å². The maximum atomic E-state index is 12.4. The molecule has 2 rings (SSSR count). The van der Waals surface area contributed by atoms with Gasteiger partial charge in [-0.1, -0.05) is 48.5 Å². The van der Waals surface area contributed by atoms with Gasteiger partial charge in [-0.25, -0.2) is 8.42 Å². The van der Waals surface area contributed by atoms with Gasteiger partial charge in [0, 0.05) is 11.1 Å². The van der Waals surface area contributed by atoms with Crippen LogP contribution in [0.2, 0.25) is 0 Å². The summed E-state index contributed by atoms with van der Waals surface area (Å²) in [6.07, 6.45) is 1.32. The van der Waals surface area contributed by atoms with E-state index in [1.54, 1.807) is 42.5 Å². The van der Waals surface area contributed by atoms with Crippen molar-refractivity contribution in [1.82, 2.24) is 0 Å². The predicted molar refractivity (Wildman–Crippen MR) is 78.6 cm³/mol. The van der Waals surface area contributed by atoms with E-state index in [1.165, 1.54) is 18.2 Å². The molecule has 102 valence electrons. The standard InChI is InChI=1S/C16H14O3S/c1-2-12-20(18,19)15-11-7-6-10-14(15)16(17)13-8-4-3-5-9-13/h2-11H,1,12H2. The van der Waals surface area contributed by atoms with E-state index >= 15 is 0 Å². The molecule has 4 heteroatoms. The molecule has 0 fully saturated rings. The Morgan fingerprint density at radius 2 is 1.60 bits per heavy atom. The van der Waals surface area contributed by atoms with Gasteiger partial charge in [0.15, 0.2) is 15.6 Å². The zero-order valence-corrected chi connectivity index (χ0v) is 11.6. The van der Waals surface area contributed by atoms with Crippen LogP contribution in [-0.4, -0.2) is 20.0 Å². The molecule has 0 bridgehead atoms. The molecule has 0 amide bonds. The van der Waals surface area contributed by atoms with Gasteiger partial charge in [0.05, 0.1) is 10.6 Å². The number of ketones is 1. The number of hydrogen-bond donors (Lipinski definition) is 0. The van der Waals surface area contributed by atoms with Gasteiger partial charge in [0.1, 0.15) is 0 Å². The van der Waals surface area contributed by atoms with Crippen molar-refractivity contribution in [2.75, 3.05) is 5.75 Å². The van der Waals surface area contributed by atoms with Crippen molar-refractivity contribution in [3.63, 3.8) is 0 Å². The molecule has 0 spiro atoms. The van der Waals surface area contributed by atoms with E-state index in [9.17, 15) is 13.2 Å². The number of sulfone groups is 1. The molecule has 2 aromatic rings. The second kappa shape index (κ2) is 5.84. The fraction of sp³-hybridized carbons (Fsp3) is 0.0625. The SMILES string of the molecule is C=CCS(=O)(=O)c1ccccc1C(=O)c1ccccc1. The zero-order valence-electron chi connectivity index (χ0n) is 10.8. The summed E-state index contributed by atoms with van der Waals surface area (Å²) in [6.45, 7) is 3.44. The maximum absolute atomic E-state index is 12.4. The van der Waals surface area contributed by atoms with Gasteiger partial charge in [0.2, 0.25) is 0 Å². The molecule has 0 radical (unpaired) electrons. The van der Waals surface area contributed by atoms with Gasteiger partial charge in [-0.15, -0.1) is 6.58 Å². The number of carbonyl (C=O) groups is 1. The first-order valence-electron chi connectivity index (χ1n) is 6.08. The van der Waals surface area contributed by atoms with Crippen LogP contribution in [-0.2, 0) is 9.84 Å². The Morgan fingerprint density at radius 3 is 2.25 bits per heavy atom.